The fourth-order valence-electron chi connectivity index (χ4n) is 3.36. The maximum atomic E-state index is 12.3. The molecule has 1 aromatic carbocycles. The van der Waals surface area contributed by atoms with Crippen molar-refractivity contribution in [3.63, 3.8) is 0 Å². The van der Waals surface area contributed by atoms with Crippen LogP contribution in [-0.2, 0) is 16.0 Å². The van der Waals surface area contributed by atoms with Crippen molar-refractivity contribution in [1.82, 2.24) is 4.90 Å². The third-order valence-corrected chi connectivity index (χ3v) is 5.08. The van der Waals surface area contributed by atoms with E-state index in [-0.39, 0.29) is 5.91 Å². The van der Waals surface area contributed by atoms with Gasteiger partial charge in [-0.25, -0.2) is 0 Å². The zero-order chi connectivity index (χ0) is 18.3. The van der Waals surface area contributed by atoms with Gasteiger partial charge < -0.3 is 14.7 Å². The molecule has 5 nitrogen and oxygen atoms in total. The lowest BCUT2D eigenvalue weighted by atomic mass is 9.82. The number of carbonyl (C=O) groups is 2. The summed E-state index contributed by atoms with van der Waals surface area (Å²) in [6.07, 6.45) is 5.83. The van der Waals surface area contributed by atoms with Crippen molar-refractivity contribution in [2.75, 3.05) is 20.2 Å². The maximum absolute atomic E-state index is 12.3. The minimum Gasteiger partial charge on any atom is -0.497 e. The highest BCUT2D eigenvalue weighted by Gasteiger charge is 2.39. The van der Waals surface area contributed by atoms with Gasteiger partial charge >= 0.3 is 5.97 Å². The molecule has 1 unspecified atom stereocenters. The number of ether oxygens (including phenoxy) is 1. The van der Waals surface area contributed by atoms with Crippen LogP contribution in [-0.4, -0.2) is 42.1 Å². The lowest BCUT2D eigenvalue weighted by Crippen LogP contribution is -2.48. The highest BCUT2D eigenvalue weighted by Crippen LogP contribution is 2.30. The Bertz CT molecular complexity index is 584. The molecule has 5 heteroatoms. The summed E-state index contributed by atoms with van der Waals surface area (Å²) in [5.74, 6) is 0.158. The molecule has 0 bridgehead atoms. The summed E-state index contributed by atoms with van der Waals surface area (Å²) < 4.78 is 5.15. The number of carboxylic acid groups (broad SMARTS) is 1. The second-order valence-corrected chi connectivity index (χ2v) is 7.19. The van der Waals surface area contributed by atoms with E-state index >= 15 is 0 Å². The molecule has 2 rings (SSSR count). The van der Waals surface area contributed by atoms with Gasteiger partial charge in [-0.15, -0.1) is 0 Å². The largest absolute Gasteiger partial charge is 0.497 e. The van der Waals surface area contributed by atoms with Crippen LogP contribution in [0.5, 0.6) is 5.75 Å². The second-order valence-electron chi connectivity index (χ2n) is 7.19. The summed E-state index contributed by atoms with van der Waals surface area (Å²) in [5, 5.41) is 9.34. The van der Waals surface area contributed by atoms with Gasteiger partial charge in [0, 0.05) is 19.5 Å². The number of unbranched alkanes of at least 4 members (excludes halogenated alkanes) is 2. The maximum Gasteiger partial charge on any atom is 0.311 e. The zero-order valence-corrected chi connectivity index (χ0v) is 15.3. The van der Waals surface area contributed by atoms with Gasteiger partial charge in [-0.1, -0.05) is 18.6 Å². The van der Waals surface area contributed by atoms with Gasteiger partial charge in [-0.3, -0.25) is 9.59 Å². The van der Waals surface area contributed by atoms with E-state index in [2.05, 4.69) is 12.1 Å². The molecular formula is C20H29NO4. The predicted molar refractivity (Wildman–Crippen MR) is 96.7 cm³/mol. The van der Waals surface area contributed by atoms with Crippen LogP contribution < -0.4 is 4.74 Å². The number of methoxy groups -OCH3 is 1. The van der Waals surface area contributed by atoms with Crippen LogP contribution in [0.1, 0.15) is 51.0 Å². The smallest absolute Gasteiger partial charge is 0.311 e. The van der Waals surface area contributed by atoms with Crippen LogP contribution in [0.2, 0.25) is 0 Å². The molecule has 1 aromatic rings. The summed E-state index contributed by atoms with van der Waals surface area (Å²) in [7, 11) is 1.66. The number of hydrogen-bond donors (Lipinski definition) is 1. The van der Waals surface area contributed by atoms with Gasteiger partial charge in [0.15, 0.2) is 0 Å². The molecular weight excluding hydrogens is 318 g/mol. The number of likely N-dealkylation sites (tertiary alicyclic amines) is 1. The van der Waals surface area contributed by atoms with Crippen LogP contribution in [0.4, 0.5) is 0 Å². The number of carbonyl (C=O) groups excluding carboxylic acids is 1. The first-order valence-corrected chi connectivity index (χ1v) is 9.09. The van der Waals surface area contributed by atoms with E-state index < -0.39 is 11.4 Å². The Hall–Kier alpha value is -2.04. The van der Waals surface area contributed by atoms with E-state index in [1.165, 1.54) is 5.56 Å². The first-order chi connectivity index (χ1) is 11.9. The van der Waals surface area contributed by atoms with E-state index in [0.29, 0.717) is 25.9 Å². The summed E-state index contributed by atoms with van der Waals surface area (Å²) >= 11 is 0. The number of benzene rings is 1. The monoisotopic (exact) mass is 347 g/mol. The van der Waals surface area contributed by atoms with Gasteiger partial charge in [0.25, 0.3) is 0 Å². The average Bonchev–Trinajstić information content (AvgIpc) is 2.61. The summed E-state index contributed by atoms with van der Waals surface area (Å²) in [4.78, 5) is 25.4. The van der Waals surface area contributed by atoms with E-state index in [1.807, 2.05) is 12.1 Å². The molecule has 0 aromatic heterocycles. The first-order valence-electron chi connectivity index (χ1n) is 9.09. The van der Waals surface area contributed by atoms with Crippen LogP contribution >= 0.6 is 0 Å². The highest BCUT2D eigenvalue weighted by molar-refractivity contribution is 5.79. The Kier molecular flexibility index (Phi) is 6.85. The lowest BCUT2D eigenvalue weighted by molar-refractivity contribution is -0.153. The highest BCUT2D eigenvalue weighted by atomic mass is 16.5. The Morgan fingerprint density at radius 1 is 1.20 bits per heavy atom. The molecule has 1 saturated heterocycles. The third-order valence-electron chi connectivity index (χ3n) is 5.08. The summed E-state index contributed by atoms with van der Waals surface area (Å²) in [5.41, 5.74) is 0.489. The van der Waals surface area contributed by atoms with Crippen molar-refractivity contribution in [1.29, 1.82) is 0 Å². The average molecular weight is 347 g/mol. The van der Waals surface area contributed by atoms with Crippen molar-refractivity contribution < 1.29 is 19.4 Å². The standard InChI is InChI=1S/C20H29NO4/c1-20(19(23)24)13-6-14-21(15-20)18(22)8-5-3-4-7-16-9-11-17(25-2)12-10-16/h9-12H,3-8,13-15H2,1-2H3,(H,23,24). The quantitative estimate of drug-likeness (QED) is 0.731. The number of carboxylic acids is 1. The van der Waals surface area contributed by atoms with Gasteiger partial charge in [0.1, 0.15) is 5.75 Å². The topological polar surface area (TPSA) is 66.8 Å². The number of rotatable bonds is 8. The van der Waals surface area contributed by atoms with Crippen molar-refractivity contribution in [2.45, 2.75) is 51.9 Å². The lowest BCUT2D eigenvalue weighted by Gasteiger charge is -2.37. The van der Waals surface area contributed by atoms with Crippen molar-refractivity contribution in [3.05, 3.63) is 29.8 Å². The molecule has 1 N–H and O–H groups in total. The second kappa shape index (κ2) is 8.88. The molecule has 0 spiro atoms. The molecule has 1 atom stereocenters. The molecule has 1 heterocycles. The van der Waals surface area contributed by atoms with Gasteiger partial charge in [0.2, 0.25) is 5.91 Å². The minimum atomic E-state index is -0.801. The number of amides is 1. The minimum absolute atomic E-state index is 0.0941. The van der Waals surface area contributed by atoms with Gasteiger partial charge in [-0.2, -0.15) is 0 Å². The number of piperidine rings is 1. The SMILES string of the molecule is COc1ccc(CCCCCC(=O)N2CCCC(C)(C(=O)O)C2)cc1. The van der Waals surface area contributed by atoms with Crippen molar-refractivity contribution >= 4 is 11.9 Å². The van der Waals surface area contributed by atoms with Gasteiger partial charge in [-0.05, 0) is 56.7 Å². The van der Waals surface area contributed by atoms with E-state index in [9.17, 15) is 14.7 Å². The molecule has 138 valence electrons. The molecule has 1 aliphatic rings. The Balaban J connectivity index is 1.67. The fourth-order valence-corrected chi connectivity index (χ4v) is 3.36. The molecule has 0 radical (unpaired) electrons. The number of aliphatic carboxylic acids is 1. The number of nitrogens with zero attached hydrogens (tertiary/aromatic N) is 1. The summed E-state index contributed by atoms with van der Waals surface area (Å²) in [6, 6.07) is 8.08. The van der Waals surface area contributed by atoms with E-state index in [4.69, 9.17) is 4.74 Å². The fraction of sp³-hybridized carbons (Fsp3) is 0.600. The Morgan fingerprint density at radius 2 is 1.92 bits per heavy atom. The molecule has 25 heavy (non-hydrogen) atoms. The van der Waals surface area contributed by atoms with E-state index in [0.717, 1.165) is 37.9 Å². The normalized spacial score (nSPS) is 20.3. The zero-order valence-electron chi connectivity index (χ0n) is 15.3. The number of hydrogen-bond acceptors (Lipinski definition) is 3. The van der Waals surface area contributed by atoms with Crippen molar-refractivity contribution in [2.24, 2.45) is 5.41 Å². The molecule has 0 aliphatic carbocycles. The van der Waals surface area contributed by atoms with Crippen LogP contribution in [0.25, 0.3) is 0 Å². The van der Waals surface area contributed by atoms with Crippen molar-refractivity contribution in [3.8, 4) is 5.75 Å². The Morgan fingerprint density at radius 3 is 2.56 bits per heavy atom. The number of aryl methyl sites for hydroxylation is 1. The van der Waals surface area contributed by atoms with Crippen LogP contribution in [0.3, 0.4) is 0 Å². The molecule has 1 aliphatic heterocycles. The van der Waals surface area contributed by atoms with Crippen LogP contribution in [0, 0.1) is 5.41 Å². The van der Waals surface area contributed by atoms with Gasteiger partial charge in [0.05, 0.1) is 12.5 Å². The summed E-state index contributed by atoms with van der Waals surface area (Å²) in [6.45, 7) is 2.77. The molecule has 0 saturated carbocycles. The molecule has 1 fully saturated rings. The molecule has 1 amide bonds. The van der Waals surface area contributed by atoms with E-state index in [1.54, 1.807) is 18.9 Å². The predicted octanol–water partition coefficient (Wildman–Crippen LogP) is 3.51. The first kappa shape index (κ1) is 19.3. The Labute approximate surface area is 150 Å². The third kappa shape index (κ3) is 5.48. The van der Waals surface area contributed by atoms with Crippen LogP contribution in [0.15, 0.2) is 24.3 Å².